The van der Waals surface area contributed by atoms with E-state index in [-0.39, 0.29) is 6.61 Å². The Morgan fingerprint density at radius 3 is 2.32 bits per heavy atom. The zero-order valence-electron chi connectivity index (χ0n) is 13.3. The quantitative estimate of drug-likeness (QED) is 0.820. The molecule has 2 unspecified atom stereocenters. The summed E-state index contributed by atoms with van der Waals surface area (Å²) in [5, 5.41) is 2.20. The largest absolute Gasteiger partial charge is 0.444 e. The van der Waals surface area contributed by atoms with E-state index in [1.165, 1.54) is 6.92 Å². The van der Waals surface area contributed by atoms with E-state index >= 15 is 0 Å². The van der Waals surface area contributed by atoms with E-state index in [2.05, 4.69) is 5.32 Å². The molecule has 1 amide bonds. The van der Waals surface area contributed by atoms with E-state index in [9.17, 15) is 14.0 Å². The summed E-state index contributed by atoms with van der Waals surface area (Å²) in [5.41, 5.74) is 0.152. The molecule has 2 atom stereocenters. The van der Waals surface area contributed by atoms with Gasteiger partial charge in [-0.15, -0.1) is 0 Å². The van der Waals surface area contributed by atoms with Gasteiger partial charge in [-0.3, -0.25) is 4.79 Å². The van der Waals surface area contributed by atoms with Crippen molar-refractivity contribution in [3.8, 4) is 0 Å². The third-order valence-electron chi connectivity index (χ3n) is 2.74. The van der Waals surface area contributed by atoms with Crippen molar-refractivity contribution in [2.75, 3.05) is 0 Å². The molecule has 1 N–H and O–H groups in total. The number of carbonyl (C=O) groups is 2. The average molecular weight is 311 g/mol. The van der Waals surface area contributed by atoms with Gasteiger partial charge >= 0.3 is 12.1 Å². The standard InChI is InChI=1S/C16H22FNO4/c1-11(21-10-12-8-6-5-7-9-12)13(14(17)19)18-15(20)22-16(2,3)4/h5-9,11,13H,10H2,1-4H3,(H,18,20). The van der Waals surface area contributed by atoms with Crippen LogP contribution in [0.3, 0.4) is 0 Å². The maximum Gasteiger partial charge on any atom is 0.408 e. The summed E-state index contributed by atoms with van der Waals surface area (Å²) in [6.45, 7) is 6.75. The highest BCUT2D eigenvalue weighted by molar-refractivity contribution is 5.81. The molecule has 6 heteroatoms. The van der Waals surface area contributed by atoms with Crippen molar-refractivity contribution < 1.29 is 23.5 Å². The molecular formula is C16H22FNO4. The van der Waals surface area contributed by atoms with Crippen LogP contribution in [-0.2, 0) is 20.9 Å². The second kappa shape index (κ2) is 7.89. The maximum absolute atomic E-state index is 13.1. The molecule has 1 rings (SSSR count). The Bertz CT molecular complexity index is 499. The van der Waals surface area contributed by atoms with Crippen LogP contribution in [0.5, 0.6) is 0 Å². The summed E-state index contributed by atoms with van der Waals surface area (Å²) in [5.74, 6) is 0. The van der Waals surface area contributed by atoms with Gasteiger partial charge in [0.1, 0.15) is 11.6 Å². The van der Waals surface area contributed by atoms with Gasteiger partial charge in [0.15, 0.2) is 0 Å². The van der Waals surface area contributed by atoms with Crippen LogP contribution in [0.1, 0.15) is 33.3 Å². The minimum atomic E-state index is -1.67. The molecule has 0 radical (unpaired) electrons. The summed E-state index contributed by atoms with van der Waals surface area (Å²) in [6.07, 6.45) is -1.69. The molecule has 0 heterocycles. The maximum atomic E-state index is 13.1. The first-order chi connectivity index (χ1) is 10.2. The van der Waals surface area contributed by atoms with Crippen LogP contribution in [0, 0.1) is 0 Å². The van der Waals surface area contributed by atoms with Gasteiger partial charge in [0.05, 0.1) is 12.7 Å². The number of halogens is 1. The van der Waals surface area contributed by atoms with Gasteiger partial charge in [0.25, 0.3) is 0 Å². The van der Waals surface area contributed by atoms with E-state index in [0.717, 1.165) is 5.56 Å². The fraction of sp³-hybridized carbons (Fsp3) is 0.500. The number of hydrogen-bond donors (Lipinski definition) is 1. The van der Waals surface area contributed by atoms with E-state index in [1.807, 2.05) is 30.3 Å². The first-order valence-corrected chi connectivity index (χ1v) is 7.03. The molecule has 5 nitrogen and oxygen atoms in total. The Morgan fingerprint density at radius 2 is 1.82 bits per heavy atom. The number of amides is 1. The second-order valence-electron chi connectivity index (χ2n) is 5.93. The zero-order valence-corrected chi connectivity index (χ0v) is 13.3. The molecule has 0 aliphatic heterocycles. The van der Waals surface area contributed by atoms with Crippen molar-refractivity contribution in [2.24, 2.45) is 0 Å². The van der Waals surface area contributed by atoms with Crippen molar-refractivity contribution in [1.82, 2.24) is 5.32 Å². The molecule has 0 saturated heterocycles. The Labute approximate surface area is 129 Å². The summed E-state index contributed by atoms with van der Waals surface area (Å²) < 4.78 is 23.6. The van der Waals surface area contributed by atoms with Crippen LogP contribution < -0.4 is 5.32 Å². The molecule has 0 aliphatic carbocycles. The van der Waals surface area contributed by atoms with Crippen LogP contribution in [0.2, 0.25) is 0 Å². The molecule has 0 aliphatic rings. The van der Waals surface area contributed by atoms with E-state index in [1.54, 1.807) is 20.8 Å². The Kier molecular flexibility index (Phi) is 6.49. The van der Waals surface area contributed by atoms with Gasteiger partial charge in [0.2, 0.25) is 0 Å². The number of benzene rings is 1. The molecule has 0 fully saturated rings. The van der Waals surface area contributed by atoms with Crippen molar-refractivity contribution in [3.05, 3.63) is 35.9 Å². The van der Waals surface area contributed by atoms with Crippen LogP contribution >= 0.6 is 0 Å². The molecule has 1 aromatic rings. The minimum Gasteiger partial charge on any atom is -0.444 e. The lowest BCUT2D eigenvalue weighted by molar-refractivity contribution is -0.135. The minimum absolute atomic E-state index is 0.210. The number of ether oxygens (including phenoxy) is 2. The van der Waals surface area contributed by atoms with Crippen LogP contribution in [0.4, 0.5) is 9.18 Å². The number of carbonyl (C=O) groups excluding carboxylic acids is 2. The van der Waals surface area contributed by atoms with Crippen LogP contribution in [-0.4, -0.2) is 29.9 Å². The van der Waals surface area contributed by atoms with Gasteiger partial charge in [-0.25, -0.2) is 4.79 Å². The lowest BCUT2D eigenvalue weighted by atomic mass is 10.2. The first-order valence-electron chi connectivity index (χ1n) is 7.03. The van der Waals surface area contributed by atoms with Crippen molar-refractivity contribution in [1.29, 1.82) is 0 Å². The first kappa shape index (κ1) is 18.1. The summed E-state index contributed by atoms with van der Waals surface area (Å²) in [7, 11) is 0. The van der Waals surface area contributed by atoms with Gasteiger partial charge in [-0.2, -0.15) is 4.39 Å². The highest BCUT2D eigenvalue weighted by Gasteiger charge is 2.29. The van der Waals surface area contributed by atoms with Crippen LogP contribution in [0.25, 0.3) is 0 Å². The molecule has 122 valence electrons. The second-order valence-corrected chi connectivity index (χ2v) is 5.93. The van der Waals surface area contributed by atoms with E-state index in [4.69, 9.17) is 9.47 Å². The zero-order chi connectivity index (χ0) is 16.8. The molecule has 0 spiro atoms. The highest BCUT2D eigenvalue weighted by Crippen LogP contribution is 2.10. The summed E-state index contributed by atoms with van der Waals surface area (Å²) in [6, 6.07) is 6.18. The van der Waals surface area contributed by atoms with Gasteiger partial charge in [0, 0.05) is 0 Å². The predicted molar refractivity (Wildman–Crippen MR) is 80.0 cm³/mol. The molecule has 0 saturated carbocycles. The molecule has 1 aromatic carbocycles. The lowest BCUT2D eigenvalue weighted by Gasteiger charge is -2.24. The third-order valence-corrected chi connectivity index (χ3v) is 2.74. The number of nitrogens with one attached hydrogen (secondary N) is 1. The fourth-order valence-electron chi connectivity index (χ4n) is 1.69. The van der Waals surface area contributed by atoms with Gasteiger partial charge in [-0.05, 0) is 33.3 Å². The number of rotatable bonds is 6. The topological polar surface area (TPSA) is 64.6 Å². The fourth-order valence-corrected chi connectivity index (χ4v) is 1.69. The van der Waals surface area contributed by atoms with Crippen molar-refractivity contribution in [3.63, 3.8) is 0 Å². The van der Waals surface area contributed by atoms with Gasteiger partial charge in [-0.1, -0.05) is 30.3 Å². The molecular weight excluding hydrogens is 289 g/mol. The van der Waals surface area contributed by atoms with Crippen molar-refractivity contribution in [2.45, 2.75) is 52.0 Å². The average Bonchev–Trinajstić information content (AvgIpc) is 2.41. The molecule has 0 aromatic heterocycles. The Balaban J connectivity index is 2.58. The van der Waals surface area contributed by atoms with E-state index < -0.39 is 29.9 Å². The van der Waals surface area contributed by atoms with Crippen molar-refractivity contribution >= 4 is 12.1 Å². The number of alkyl carbamates (subject to hydrolysis) is 1. The molecule has 0 bridgehead atoms. The molecule has 22 heavy (non-hydrogen) atoms. The summed E-state index contributed by atoms with van der Waals surface area (Å²) >= 11 is 0. The highest BCUT2D eigenvalue weighted by atomic mass is 19.1. The SMILES string of the molecule is CC(OCc1ccccc1)C(NC(=O)OC(C)(C)C)C(=O)F. The summed E-state index contributed by atoms with van der Waals surface area (Å²) in [4.78, 5) is 22.7. The number of hydrogen-bond acceptors (Lipinski definition) is 4. The Morgan fingerprint density at radius 1 is 1.23 bits per heavy atom. The normalized spacial score (nSPS) is 14.0. The Hall–Kier alpha value is -1.95. The van der Waals surface area contributed by atoms with Crippen LogP contribution in [0.15, 0.2) is 30.3 Å². The van der Waals surface area contributed by atoms with Gasteiger partial charge < -0.3 is 14.8 Å². The van der Waals surface area contributed by atoms with E-state index in [0.29, 0.717) is 0 Å². The lowest BCUT2D eigenvalue weighted by Crippen LogP contribution is -2.48. The third kappa shape index (κ3) is 6.67. The monoisotopic (exact) mass is 311 g/mol. The predicted octanol–water partition coefficient (Wildman–Crippen LogP) is 2.98. The smallest absolute Gasteiger partial charge is 0.408 e.